The van der Waals surface area contributed by atoms with E-state index >= 15 is 0 Å². The van der Waals surface area contributed by atoms with Crippen molar-refractivity contribution in [2.24, 2.45) is 4.99 Å². The van der Waals surface area contributed by atoms with Gasteiger partial charge in [-0.3, -0.25) is 4.99 Å². The Bertz CT molecular complexity index is 763. The van der Waals surface area contributed by atoms with E-state index in [4.69, 9.17) is 14.2 Å². The number of benzene rings is 2. The second-order valence-corrected chi connectivity index (χ2v) is 5.54. The number of rotatable bonds is 8. The molecule has 27 heavy (non-hydrogen) atoms. The molecule has 0 saturated heterocycles. The lowest BCUT2D eigenvalue weighted by Gasteiger charge is -2.14. The van der Waals surface area contributed by atoms with Crippen LogP contribution in [0.3, 0.4) is 0 Å². The minimum atomic E-state index is -0.436. The quantitative estimate of drug-likeness (QED) is 0.321. The lowest BCUT2D eigenvalue weighted by Crippen LogP contribution is -2.38. The van der Waals surface area contributed by atoms with Crippen LogP contribution in [0.2, 0.25) is 0 Å². The smallest absolute Gasteiger partial charge is 0.341 e. The van der Waals surface area contributed by atoms with Crippen LogP contribution in [0.5, 0.6) is 11.5 Å². The fourth-order valence-electron chi connectivity index (χ4n) is 2.40. The minimum absolute atomic E-state index is 0.388. The van der Waals surface area contributed by atoms with Gasteiger partial charge in [-0.25, -0.2) is 4.79 Å². The SMILES string of the molecule is CN=C(NCCOc1ccccc1)NCc1ccc(OC)c(C(=O)OC)c1. The van der Waals surface area contributed by atoms with Gasteiger partial charge in [-0.1, -0.05) is 24.3 Å². The van der Waals surface area contributed by atoms with Gasteiger partial charge in [0.15, 0.2) is 5.96 Å². The summed E-state index contributed by atoms with van der Waals surface area (Å²) in [6.45, 7) is 1.61. The molecule has 2 aromatic rings. The molecule has 0 amide bonds. The fraction of sp³-hybridized carbons (Fsp3) is 0.300. The first-order chi connectivity index (χ1) is 13.2. The van der Waals surface area contributed by atoms with Crippen molar-refractivity contribution in [3.05, 3.63) is 59.7 Å². The van der Waals surface area contributed by atoms with Gasteiger partial charge in [0.25, 0.3) is 0 Å². The number of ether oxygens (including phenoxy) is 3. The number of carbonyl (C=O) groups is 1. The average molecular weight is 371 g/mol. The van der Waals surface area contributed by atoms with E-state index in [1.807, 2.05) is 36.4 Å². The van der Waals surface area contributed by atoms with Gasteiger partial charge in [0.1, 0.15) is 23.7 Å². The predicted molar refractivity (Wildman–Crippen MR) is 104 cm³/mol. The molecule has 2 N–H and O–H groups in total. The third-order valence-corrected chi connectivity index (χ3v) is 3.76. The first-order valence-electron chi connectivity index (χ1n) is 8.55. The van der Waals surface area contributed by atoms with Gasteiger partial charge in [0.05, 0.1) is 20.8 Å². The monoisotopic (exact) mass is 371 g/mol. The van der Waals surface area contributed by atoms with Crippen molar-refractivity contribution in [2.75, 3.05) is 34.4 Å². The van der Waals surface area contributed by atoms with Crippen LogP contribution < -0.4 is 20.1 Å². The van der Waals surface area contributed by atoms with Gasteiger partial charge in [0.2, 0.25) is 0 Å². The Hall–Kier alpha value is -3.22. The molecule has 0 aliphatic heterocycles. The summed E-state index contributed by atoms with van der Waals surface area (Å²) in [6.07, 6.45) is 0. The Morgan fingerprint density at radius 3 is 2.52 bits per heavy atom. The summed E-state index contributed by atoms with van der Waals surface area (Å²) in [5, 5.41) is 6.38. The molecule has 0 fully saturated rings. The summed E-state index contributed by atoms with van der Waals surface area (Å²) < 4.78 is 15.6. The molecule has 0 unspecified atom stereocenters. The van der Waals surface area contributed by atoms with Crippen molar-refractivity contribution < 1.29 is 19.0 Å². The highest BCUT2D eigenvalue weighted by molar-refractivity contribution is 5.92. The lowest BCUT2D eigenvalue weighted by molar-refractivity contribution is 0.0597. The van der Waals surface area contributed by atoms with E-state index in [1.165, 1.54) is 14.2 Å². The zero-order chi connectivity index (χ0) is 19.5. The molecule has 0 aliphatic carbocycles. The van der Waals surface area contributed by atoms with Crippen molar-refractivity contribution >= 4 is 11.9 Å². The number of nitrogens with zero attached hydrogens (tertiary/aromatic N) is 1. The Labute approximate surface area is 159 Å². The summed E-state index contributed by atoms with van der Waals surface area (Å²) in [5.74, 6) is 1.51. The summed E-state index contributed by atoms with van der Waals surface area (Å²) in [5.41, 5.74) is 1.29. The van der Waals surface area contributed by atoms with Crippen LogP contribution in [-0.4, -0.2) is 46.3 Å². The summed E-state index contributed by atoms with van der Waals surface area (Å²) in [6, 6.07) is 15.0. The van der Waals surface area contributed by atoms with Gasteiger partial charge in [0, 0.05) is 13.6 Å². The second-order valence-electron chi connectivity index (χ2n) is 5.54. The number of guanidine groups is 1. The van der Waals surface area contributed by atoms with Crippen LogP contribution >= 0.6 is 0 Å². The zero-order valence-corrected chi connectivity index (χ0v) is 15.8. The number of esters is 1. The van der Waals surface area contributed by atoms with E-state index in [1.54, 1.807) is 19.2 Å². The van der Waals surface area contributed by atoms with Crippen LogP contribution in [0, 0.1) is 0 Å². The van der Waals surface area contributed by atoms with Gasteiger partial charge in [-0.2, -0.15) is 0 Å². The van der Waals surface area contributed by atoms with E-state index in [-0.39, 0.29) is 0 Å². The number of para-hydroxylation sites is 1. The van der Waals surface area contributed by atoms with Gasteiger partial charge in [-0.15, -0.1) is 0 Å². The largest absolute Gasteiger partial charge is 0.496 e. The van der Waals surface area contributed by atoms with Gasteiger partial charge < -0.3 is 24.8 Å². The molecule has 0 radical (unpaired) electrons. The predicted octanol–water partition coefficient (Wildman–Crippen LogP) is 2.23. The molecule has 2 rings (SSSR count). The summed E-state index contributed by atoms with van der Waals surface area (Å²) in [4.78, 5) is 16.0. The zero-order valence-electron chi connectivity index (χ0n) is 15.8. The fourth-order valence-corrected chi connectivity index (χ4v) is 2.40. The Morgan fingerprint density at radius 1 is 1.07 bits per heavy atom. The number of methoxy groups -OCH3 is 2. The van der Waals surface area contributed by atoms with Crippen LogP contribution in [0.1, 0.15) is 15.9 Å². The molecule has 0 aliphatic rings. The van der Waals surface area contributed by atoms with Gasteiger partial charge >= 0.3 is 5.97 Å². The molecule has 0 atom stereocenters. The highest BCUT2D eigenvalue weighted by Crippen LogP contribution is 2.20. The molecular weight excluding hydrogens is 346 g/mol. The van der Waals surface area contributed by atoms with Crippen molar-refractivity contribution in [1.82, 2.24) is 10.6 Å². The first kappa shape index (κ1) is 20.1. The number of carbonyl (C=O) groups excluding carboxylic acids is 1. The second kappa shape index (κ2) is 10.7. The molecule has 7 heteroatoms. The highest BCUT2D eigenvalue weighted by Gasteiger charge is 2.13. The van der Waals surface area contributed by atoms with E-state index in [0.717, 1.165) is 11.3 Å². The summed E-state index contributed by atoms with van der Waals surface area (Å²) >= 11 is 0. The molecule has 0 aromatic heterocycles. The van der Waals surface area contributed by atoms with E-state index in [9.17, 15) is 4.79 Å². The molecule has 0 bridgehead atoms. The van der Waals surface area contributed by atoms with E-state index in [2.05, 4.69) is 15.6 Å². The Morgan fingerprint density at radius 2 is 1.85 bits per heavy atom. The normalized spacial score (nSPS) is 10.9. The number of nitrogens with one attached hydrogen (secondary N) is 2. The van der Waals surface area contributed by atoms with Crippen LogP contribution in [0.4, 0.5) is 0 Å². The van der Waals surface area contributed by atoms with Crippen molar-refractivity contribution in [3.63, 3.8) is 0 Å². The molecule has 144 valence electrons. The summed E-state index contributed by atoms with van der Waals surface area (Å²) in [7, 11) is 4.56. The molecule has 0 spiro atoms. The number of aliphatic imine (C=N–C) groups is 1. The Kier molecular flexibility index (Phi) is 7.96. The molecule has 7 nitrogen and oxygen atoms in total. The highest BCUT2D eigenvalue weighted by atomic mass is 16.5. The average Bonchev–Trinajstić information content (AvgIpc) is 2.73. The minimum Gasteiger partial charge on any atom is -0.496 e. The standard InChI is InChI=1S/C20H25N3O4/c1-21-20(22-11-12-27-16-7-5-4-6-8-16)23-14-15-9-10-18(25-2)17(13-15)19(24)26-3/h4-10,13H,11-12,14H2,1-3H3,(H2,21,22,23). The third-order valence-electron chi connectivity index (χ3n) is 3.76. The lowest BCUT2D eigenvalue weighted by atomic mass is 10.1. The van der Waals surface area contributed by atoms with Crippen LogP contribution in [-0.2, 0) is 11.3 Å². The van der Waals surface area contributed by atoms with Crippen molar-refractivity contribution in [2.45, 2.75) is 6.54 Å². The van der Waals surface area contributed by atoms with E-state index < -0.39 is 5.97 Å². The number of hydrogen-bond donors (Lipinski definition) is 2. The third kappa shape index (κ3) is 6.22. The maximum Gasteiger partial charge on any atom is 0.341 e. The van der Waals surface area contributed by atoms with Gasteiger partial charge in [-0.05, 0) is 29.8 Å². The van der Waals surface area contributed by atoms with E-state index in [0.29, 0.717) is 37.0 Å². The number of hydrogen-bond acceptors (Lipinski definition) is 5. The van der Waals surface area contributed by atoms with Crippen molar-refractivity contribution in [3.8, 4) is 11.5 Å². The molecular formula is C20H25N3O4. The molecule has 0 heterocycles. The maximum atomic E-state index is 11.9. The van der Waals surface area contributed by atoms with Crippen molar-refractivity contribution in [1.29, 1.82) is 0 Å². The topological polar surface area (TPSA) is 81.2 Å². The Balaban J connectivity index is 1.84. The van der Waals surface area contributed by atoms with Crippen LogP contribution in [0.25, 0.3) is 0 Å². The molecule has 2 aromatic carbocycles. The first-order valence-corrected chi connectivity index (χ1v) is 8.55. The molecule has 0 saturated carbocycles. The maximum absolute atomic E-state index is 11.9. The van der Waals surface area contributed by atoms with Crippen LogP contribution in [0.15, 0.2) is 53.5 Å².